The fourth-order valence-electron chi connectivity index (χ4n) is 9.50. The summed E-state index contributed by atoms with van der Waals surface area (Å²) >= 11 is 0. The molecular formula is C45H49N2+. The first kappa shape index (κ1) is 30.2. The van der Waals surface area contributed by atoms with Crippen molar-refractivity contribution in [2.45, 2.75) is 85.7 Å². The van der Waals surface area contributed by atoms with Crippen LogP contribution in [0.5, 0.6) is 0 Å². The second-order valence-corrected chi connectivity index (χ2v) is 15.1. The summed E-state index contributed by atoms with van der Waals surface area (Å²) in [7, 11) is 0. The molecule has 1 aliphatic heterocycles. The van der Waals surface area contributed by atoms with Gasteiger partial charge in [-0.15, -0.1) is 0 Å². The molecule has 0 N–H and O–H groups in total. The molecule has 2 heteroatoms. The molecule has 4 aliphatic rings. The molecule has 1 fully saturated rings. The smallest absolute Gasteiger partial charge is 0.214 e. The van der Waals surface area contributed by atoms with Gasteiger partial charge in [-0.1, -0.05) is 107 Å². The molecule has 0 spiro atoms. The lowest BCUT2D eigenvalue weighted by molar-refractivity contribution is -0.476. The second kappa shape index (κ2) is 11.5. The quantitative estimate of drug-likeness (QED) is 0.145. The molecule has 2 bridgehead atoms. The Balaban J connectivity index is 1.25. The summed E-state index contributed by atoms with van der Waals surface area (Å²) in [5.74, 6) is 1.20. The van der Waals surface area contributed by atoms with E-state index in [1.807, 2.05) is 0 Å². The van der Waals surface area contributed by atoms with Crippen LogP contribution in [-0.2, 0) is 0 Å². The number of fused-ring (bicyclic) bond motifs is 1. The summed E-state index contributed by atoms with van der Waals surface area (Å²) in [4.78, 5) is 0. The topological polar surface area (TPSA) is 7.94 Å². The van der Waals surface area contributed by atoms with Crippen molar-refractivity contribution in [1.82, 2.24) is 4.57 Å². The Bertz CT molecular complexity index is 2200. The van der Waals surface area contributed by atoms with Crippen molar-refractivity contribution in [2.75, 3.05) is 0 Å². The standard InChI is InChI=1S/C45H49N2/c1-7-13-29(3)46-39(35-19-9-15-31-17-11-21-41(46)43(31)35)25-23-33-27-34(38-28-37(33)45(38,5)6)24-26-40-36-20-10-16-32-18-12-22-42(44(32)36)47(40)30(4)14-8-2/h9-12,15-27,29-30,37-38H,7-8,13-14,28H2,1-6H3/q+1. The van der Waals surface area contributed by atoms with E-state index in [1.165, 1.54) is 98.0 Å². The summed E-state index contributed by atoms with van der Waals surface area (Å²) in [5.41, 5.74) is 8.66. The van der Waals surface area contributed by atoms with Gasteiger partial charge in [0.25, 0.3) is 0 Å². The molecule has 238 valence electrons. The van der Waals surface area contributed by atoms with E-state index in [9.17, 15) is 0 Å². The van der Waals surface area contributed by atoms with E-state index in [0.717, 1.165) is 0 Å². The summed E-state index contributed by atoms with van der Waals surface area (Å²) in [6.45, 7) is 14.4. The van der Waals surface area contributed by atoms with Gasteiger partial charge in [0, 0.05) is 46.2 Å². The number of benzene rings is 4. The first-order valence-corrected chi connectivity index (χ1v) is 18.1. The Hall–Kier alpha value is -4.17. The molecule has 9 rings (SSSR count). The van der Waals surface area contributed by atoms with Crippen LogP contribution in [0.3, 0.4) is 0 Å². The minimum absolute atomic E-state index is 0.255. The molecule has 0 radical (unpaired) electrons. The van der Waals surface area contributed by atoms with E-state index in [-0.39, 0.29) is 5.41 Å². The van der Waals surface area contributed by atoms with Gasteiger partial charge in [0.1, 0.15) is 0 Å². The third-order valence-corrected chi connectivity index (χ3v) is 11.9. The third-order valence-electron chi connectivity index (χ3n) is 11.9. The summed E-state index contributed by atoms with van der Waals surface area (Å²) in [6.07, 6.45) is 18.3. The Kier molecular flexibility index (Phi) is 7.39. The van der Waals surface area contributed by atoms with Crippen LogP contribution in [0.1, 0.15) is 85.3 Å². The fraction of sp³-hybridized carbons (Fsp3) is 0.356. The molecule has 0 saturated heterocycles. The van der Waals surface area contributed by atoms with Gasteiger partial charge in [0.2, 0.25) is 11.4 Å². The molecule has 4 unspecified atom stereocenters. The zero-order valence-corrected chi connectivity index (χ0v) is 29.1. The highest BCUT2D eigenvalue weighted by Gasteiger charge is 2.52. The van der Waals surface area contributed by atoms with Gasteiger partial charge in [-0.25, -0.2) is 0 Å². The lowest BCUT2D eigenvalue weighted by Crippen LogP contribution is -2.48. The molecule has 1 aromatic heterocycles. The average Bonchev–Trinajstić information content (AvgIpc) is 3.57. The van der Waals surface area contributed by atoms with Crippen LogP contribution < -0.4 is 5.35 Å². The van der Waals surface area contributed by atoms with Crippen LogP contribution in [0.4, 0.5) is 5.69 Å². The van der Waals surface area contributed by atoms with Crippen molar-refractivity contribution < 1.29 is 4.58 Å². The number of hydrogen-bond acceptors (Lipinski definition) is 0. The number of nitrogens with zero attached hydrogens (tertiary/aromatic N) is 2. The maximum atomic E-state index is 2.61. The van der Waals surface area contributed by atoms with Crippen LogP contribution in [0, 0.1) is 17.3 Å². The third kappa shape index (κ3) is 4.62. The molecule has 2 heterocycles. The van der Waals surface area contributed by atoms with Gasteiger partial charge in [0.05, 0.1) is 10.9 Å². The maximum absolute atomic E-state index is 2.61. The van der Waals surface area contributed by atoms with Gasteiger partial charge in [0.15, 0.2) is 6.04 Å². The van der Waals surface area contributed by atoms with E-state index in [4.69, 9.17) is 0 Å². The SMILES string of the molecule is CCCC(C)n1c(=C/C=C2/C=C(C=CC3=[N+](C(C)CCC)c4cccc5cccc3c45)C3CC2C3(C)C)c2cccc3cccc1c32. The number of allylic oxidation sites excluding steroid dienone is 6. The number of hydrogen-bond donors (Lipinski definition) is 0. The van der Waals surface area contributed by atoms with Crippen molar-refractivity contribution in [2.24, 2.45) is 17.3 Å². The maximum Gasteiger partial charge on any atom is 0.214 e. The fourth-order valence-corrected chi connectivity index (χ4v) is 9.50. The van der Waals surface area contributed by atoms with E-state index >= 15 is 0 Å². The van der Waals surface area contributed by atoms with Crippen LogP contribution in [-0.4, -0.2) is 20.9 Å². The molecule has 1 saturated carbocycles. The number of rotatable bonds is 9. The summed E-state index contributed by atoms with van der Waals surface area (Å²) in [5, 5.41) is 8.20. The Labute approximate surface area is 280 Å². The molecule has 2 nitrogen and oxygen atoms in total. The van der Waals surface area contributed by atoms with Crippen LogP contribution >= 0.6 is 0 Å². The van der Waals surface area contributed by atoms with Gasteiger partial charge >= 0.3 is 0 Å². The largest absolute Gasteiger partial charge is 0.338 e. The molecule has 0 amide bonds. The van der Waals surface area contributed by atoms with Crippen LogP contribution in [0.2, 0.25) is 0 Å². The highest BCUT2D eigenvalue weighted by Crippen LogP contribution is 2.61. The highest BCUT2D eigenvalue weighted by atomic mass is 15.1. The lowest BCUT2D eigenvalue weighted by atomic mass is 9.47. The normalized spacial score (nSPS) is 22.6. The van der Waals surface area contributed by atoms with Crippen molar-refractivity contribution >= 4 is 49.9 Å². The monoisotopic (exact) mass is 617 g/mol. The average molecular weight is 618 g/mol. The summed E-state index contributed by atoms with van der Waals surface area (Å²) < 4.78 is 5.22. The first-order chi connectivity index (χ1) is 22.8. The molecule has 5 aromatic rings. The van der Waals surface area contributed by atoms with E-state index in [0.29, 0.717) is 23.9 Å². The lowest BCUT2D eigenvalue weighted by Gasteiger charge is -2.57. The van der Waals surface area contributed by atoms with Gasteiger partial charge in [-0.2, -0.15) is 4.58 Å². The zero-order valence-electron chi connectivity index (χ0n) is 29.1. The second-order valence-electron chi connectivity index (χ2n) is 15.1. The van der Waals surface area contributed by atoms with Crippen LogP contribution in [0.15, 0.2) is 108 Å². The first-order valence-electron chi connectivity index (χ1n) is 18.1. The van der Waals surface area contributed by atoms with E-state index in [2.05, 4.69) is 154 Å². The Morgan fingerprint density at radius 3 is 2.26 bits per heavy atom. The number of aromatic nitrogens is 1. The van der Waals surface area contributed by atoms with Gasteiger partial charge in [-0.3, -0.25) is 0 Å². The highest BCUT2D eigenvalue weighted by molar-refractivity contribution is 6.19. The van der Waals surface area contributed by atoms with E-state index in [1.54, 1.807) is 0 Å². The Morgan fingerprint density at radius 1 is 0.809 bits per heavy atom. The van der Waals surface area contributed by atoms with Crippen molar-refractivity contribution in [3.63, 3.8) is 0 Å². The molecular weight excluding hydrogens is 569 g/mol. The molecule has 4 aromatic carbocycles. The van der Waals surface area contributed by atoms with Crippen molar-refractivity contribution in [3.8, 4) is 0 Å². The Morgan fingerprint density at radius 2 is 1.51 bits per heavy atom. The zero-order chi connectivity index (χ0) is 32.4. The van der Waals surface area contributed by atoms with Crippen LogP contribution in [0.25, 0.3) is 38.5 Å². The summed E-state index contributed by atoms with van der Waals surface area (Å²) in [6, 6.07) is 28.1. The molecule has 3 aliphatic carbocycles. The molecule has 4 atom stereocenters. The van der Waals surface area contributed by atoms with Crippen molar-refractivity contribution in [1.29, 1.82) is 0 Å². The molecule has 47 heavy (non-hydrogen) atoms. The minimum Gasteiger partial charge on any atom is -0.338 e. The predicted molar refractivity (Wildman–Crippen MR) is 202 cm³/mol. The van der Waals surface area contributed by atoms with Gasteiger partial charge < -0.3 is 4.57 Å². The minimum atomic E-state index is 0.255. The van der Waals surface area contributed by atoms with Crippen molar-refractivity contribution in [3.05, 3.63) is 119 Å². The predicted octanol–water partition coefficient (Wildman–Crippen LogP) is 11.2. The van der Waals surface area contributed by atoms with Gasteiger partial charge in [-0.05, 0) is 90.5 Å². The van der Waals surface area contributed by atoms with E-state index < -0.39 is 0 Å².